The average molecular weight is 248 g/mol. The first-order chi connectivity index (χ1) is 8.61. The fraction of sp³-hybridized carbons (Fsp3) is 0.462. The van der Waals surface area contributed by atoms with Gasteiger partial charge in [-0.2, -0.15) is 0 Å². The number of nitrogens with one attached hydrogen (secondary N) is 1. The maximum atomic E-state index is 12.5. The Morgan fingerprint density at radius 3 is 2.56 bits per heavy atom. The highest BCUT2D eigenvalue weighted by atomic mass is 16.2. The predicted octanol–water partition coefficient (Wildman–Crippen LogP) is 0.668. The number of aryl methyl sites for hydroxylation is 1. The topological polar surface area (TPSA) is 61.6 Å². The summed E-state index contributed by atoms with van der Waals surface area (Å²) in [6.07, 6.45) is 0. The van der Waals surface area contributed by atoms with Crippen molar-refractivity contribution in [3.8, 4) is 0 Å². The molecule has 1 aliphatic rings. The molecule has 98 valence electrons. The number of nitrogen functional groups attached to an aromatic ring is 1. The van der Waals surface area contributed by atoms with Crippen LogP contribution in [0.25, 0.3) is 0 Å². The van der Waals surface area contributed by atoms with Crippen LogP contribution < -0.4 is 11.3 Å². The van der Waals surface area contributed by atoms with Gasteiger partial charge in [-0.05, 0) is 26.1 Å². The molecular weight excluding hydrogens is 228 g/mol. The molecule has 5 nitrogen and oxygen atoms in total. The van der Waals surface area contributed by atoms with Gasteiger partial charge in [0, 0.05) is 26.2 Å². The van der Waals surface area contributed by atoms with Crippen LogP contribution in [0.1, 0.15) is 15.9 Å². The average Bonchev–Trinajstić information content (AvgIpc) is 2.39. The van der Waals surface area contributed by atoms with E-state index in [1.807, 2.05) is 30.0 Å². The minimum Gasteiger partial charge on any atom is -0.336 e. The molecule has 3 N–H and O–H groups in total. The van der Waals surface area contributed by atoms with Crippen molar-refractivity contribution in [2.24, 2.45) is 5.84 Å². The lowest BCUT2D eigenvalue weighted by Crippen LogP contribution is -2.47. The van der Waals surface area contributed by atoms with Gasteiger partial charge in [-0.1, -0.05) is 11.6 Å². The van der Waals surface area contributed by atoms with E-state index in [0.717, 1.165) is 31.7 Å². The van der Waals surface area contributed by atoms with Crippen molar-refractivity contribution in [2.75, 3.05) is 38.7 Å². The van der Waals surface area contributed by atoms with E-state index in [-0.39, 0.29) is 5.91 Å². The van der Waals surface area contributed by atoms with Gasteiger partial charge in [-0.15, -0.1) is 0 Å². The van der Waals surface area contributed by atoms with Gasteiger partial charge >= 0.3 is 0 Å². The van der Waals surface area contributed by atoms with Crippen molar-refractivity contribution in [3.63, 3.8) is 0 Å². The molecule has 0 atom stereocenters. The van der Waals surface area contributed by atoms with E-state index in [2.05, 4.69) is 17.4 Å². The number of amides is 1. The summed E-state index contributed by atoms with van der Waals surface area (Å²) in [5.41, 5.74) is 4.99. The second-order valence-corrected chi connectivity index (χ2v) is 4.79. The predicted molar refractivity (Wildman–Crippen MR) is 72.4 cm³/mol. The number of hydrogen-bond donors (Lipinski definition) is 2. The minimum absolute atomic E-state index is 0.0553. The van der Waals surface area contributed by atoms with Crippen molar-refractivity contribution < 1.29 is 4.79 Å². The highest BCUT2D eigenvalue weighted by Gasteiger charge is 2.22. The molecule has 1 saturated heterocycles. The highest BCUT2D eigenvalue weighted by molar-refractivity contribution is 5.99. The molecule has 0 spiro atoms. The monoisotopic (exact) mass is 248 g/mol. The van der Waals surface area contributed by atoms with E-state index in [1.54, 1.807) is 0 Å². The highest BCUT2D eigenvalue weighted by Crippen LogP contribution is 2.19. The van der Waals surface area contributed by atoms with Gasteiger partial charge < -0.3 is 15.2 Å². The van der Waals surface area contributed by atoms with E-state index >= 15 is 0 Å². The smallest absolute Gasteiger partial charge is 0.256 e. The summed E-state index contributed by atoms with van der Waals surface area (Å²) in [7, 11) is 2.07. The lowest BCUT2D eigenvalue weighted by molar-refractivity contribution is 0.0665. The van der Waals surface area contributed by atoms with Crippen molar-refractivity contribution >= 4 is 11.6 Å². The Labute approximate surface area is 108 Å². The molecule has 0 aromatic heterocycles. The van der Waals surface area contributed by atoms with Crippen LogP contribution in [0, 0.1) is 6.92 Å². The van der Waals surface area contributed by atoms with Crippen molar-refractivity contribution in [3.05, 3.63) is 29.3 Å². The molecule has 0 saturated carbocycles. The van der Waals surface area contributed by atoms with Crippen molar-refractivity contribution in [1.29, 1.82) is 0 Å². The Morgan fingerprint density at radius 1 is 1.28 bits per heavy atom. The summed E-state index contributed by atoms with van der Waals surface area (Å²) in [6.45, 7) is 5.35. The van der Waals surface area contributed by atoms with Crippen LogP contribution >= 0.6 is 0 Å². The molecular formula is C13H20N4O. The van der Waals surface area contributed by atoms with Crippen LogP contribution in [-0.4, -0.2) is 48.9 Å². The third kappa shape index (κ3) is 2.63. The van der Waals surface area contributed by atoms with Gasteiger partial charge in [-0.25, -0.2) is 0 Å². The van der Waals surface area contributed by atoms with Crippen LogP contribution in [0.4, 0.5) is 5.69 Å². The third-order valence-corrected chi connectivity index (χ3v) is 3.35. The number of carbonyl (C=O) groups is 1. The third-order valence-electron chi connectivity index (χ3n) is 3.35. The van der Waals surface area contributed by atoms with Crippen LogP contribution in [0.5, 0.6) is 0 Å². The minimum atomic E-state index is 0.0553. The number of anilines is 1. The normalized spacial score (nSPS) is 16.7. The lowest BCUT2D eigenvalue weighted by Gasteiger charge is -2.32. The first-order valence-corrected chi connectivity index (χ1v) is 6.17. The second-order valence-electron chi connectivity index (χ2n) is 4.79. The number of hydrogen-bond acceptors (Lipinski definition) is 4. The Morgan fingerprint density at radius 2 is 1.94 bits per heavy atom. The van der Waals surface area contributed by atoms with Crippen LogP contribution in [0.15, 0.2) is 18.2 Å². The van der Waals surface area contributed by atoms with Gasteiger partial charge in [0.05, 0.1) is 11.3 Å². The number of piperazine rings is 1. The molecule has 18 heavy (non-hydrogen) atoms. The lowest BCUT2D eigenvalue weighted by atomic mass is 10.1. The second kappa shape index (κ2) is 5.37. The van der Waals surface area contributed by atoms with E-state index in [9.17, 15) is 4.79 Å². The molecule has 1 aliphatic heterocycles. The van der Waals surface area contributed by atoms with Crippen molar-refractivity contribution in [2.45, 2.75) is 6.92 Å². The summed E-state index contributed by atoms with van der Waals surface area (Å²) in [5.74, 6) is 5.52. The summed E-state index contributed by atoms with van der Waals surface area (Å²) >= 11 is 0. The van der Waals surface area contributed by atoms with Gasteiger partial charge in [-0.3, -0.25) is 10.6 Å². The van der Waals surface area contributed by atoms with Gasteiger partial charge in [0.1, 0.15) is 0 Å². The maximum absolute atomic E-state index is 12.5. The fourth-order valence-corrected chi connectivity index (χ4v) is 2.14. The quantitative estimate of drug-likeness (QED) is 0.596. The molecule has 1 heterocycles. The zero-order valence-electron chi connectivity index (χ0n) is 10.9. The SMILES string of the molecule is Cc1ccc(NN)c(C(=O)N2CCN(C)CC2)c1. The number of hydrazine groups is 1. The van der Waals surface area contributed by atoms with Gasteiger partial charge in [0.2, 0.25) is 0 Å². The van der Waals surface area contributed by atoms with Gasteiger partial charge in [0.15, 0.2) is 0 Å². The molecule has 0 radical (unpaired) electrons. The van der Waals surface area contributed by atoms with E-state index in [0.29, 0.717) is 11.3 Å². The van der Waals surface area contributed by atoms with Crippen LogP contribution in [0.3, 0.4) is 0 Å². The van der Waals surface area contributed by atoms with E-state index < -0.39 is 0 Å². The summed E-state index contributed by atoms with van der Waals surface area (Å²) in [4.78, 5) is 16.6. The number of benzene rings is 1. The number of rotatable bonds is 2. The molecule has 1 fully saturated rings. The van der Waals surface area contributed by atoms with Crippen LogP contribution in [-0.2, 0) is 0 Å². The largest absolute Gasteiger partial charge is 0.336 e. The Balaban J connectivity index is 2.20. The maximum Gasteiger partial charge on any atom is 0.256 e. The Hall–Kier alpha value is -1.59. The Bertz CT molecular complexity index is 439. The number of likely N-dealkylation sites (N-methyl/N-ethyl adjacent to an activating group) is 1. The zero-order valence-corrected chi connectivity index (χ0v) is 10.9. The Kier molecular flexibility index (Phi) is 3.84. The molecule has 1 amide bonds. The van der Waals surface area contributed by atoms with Crippen LogP contribution in [0.2, 0.25) is 0 Å². The molecule has 0 bridgehead atoms. The molecule has 0 unspecified atom stereocenters. The molecule has 1 aromatic carbocycles. The molecule has 1 aromatic rings. The standard InChI is InChI=1S/C13H20N4O/c1-10-3-4-12(15-14)11(9-10)13(18)17-7-5-16(2)6-8-17/h3-4,9,15H,5-8,14H2,1-2H3. The first kappa shape index (κ1) is 12.9. The first-order valence-electron chi connectivity index (χ1n) is 6.17. The number of nitrogens with two attached hydrogens (primary N) is 1. The molecule has 0 aliphatic carbocycles. The molecule has 5 heteroatoms. The summed E-state index contributed by atoms with van der Waals surface area (Å²) in [6, 6.07) is 5.67. The van der Waals surface area contributed by atoms with Crippen molar-refractivity contribution in [1.82, 2.24) is 9.80 Å². The number of carbonyl (C=O) groups excluding carboxylic acids is 1. The van der Waals surface area contributed by atoms with Gasteiger partial charge in [0.25, 0.3) is 5.91 Å². The fourth-order valence-electron chi connectivity index (χ4n) is 2.14. The van der Waals surface area contributed by atoms with E-state index in [4.69, 9.17) is 5.84 Å². The molecule has 2 rings (SSSR count). The van der Waals surface area contributed by atoms with E-state index in [1.165, 1.54) is 0 Å². The summed E-state index contributed by atoms with van der Waals surface area (Å²) in [5, 5.41) is 0. The number of nitrogens with zero attached hydrogens (tertiary/aromatic N) is 2. The summed E-state index contributed by atoms with van der Waals surface area (Å²) < 4.78 is 0. The zero-order chi connectivity index (χ0) is 13.1.